The standard InChI is InChI=1S/C11H11BrF4O3/c12-7-3-5(13)1-4-2-6(10(17)18)9(11(14,15)16)19-8(4)7/h2,4-5,7-9H,1,3H2,(H,17,18). The van der Waals surface area contributed by atoms with Gasteiger partial charge in [0.25, 0.3) is 0 Å². The van der Waals surface area contributed by atoms with Crippen LogP contribution < -0.4 is 0 Å². The lowest BCUT2D eigenvalue weighted by Crippen LogP contribution is -2.50. The molecule has 0 spiro atoms. The predicted molar refractivity (Wildman–Crippen MR) is 60.8 cm³/mol. The van der Waals surface area contributed by atoms with Gasteiger partial charge >= 0.3 is 12.1 Å². The normalized spacial score (nSPS) is 39.4. The zero-order valence-electron chi connectivity index (χ0n) is 9.53. The molecule has 0 amide bonds. The Morgan fingerprint density at radius 2 is 2.05 bits per heavy atom. The molecule has 0 radical (unpaired) electrons. The van der Waals surface area contributed by atoms with Gasteiger partial charge < -0.3 is 9.84 Å². The number of hydrogen-bond acceptors (Lipinski definition) is 2. The molecule has 1 aliphatic carbocycles. The summed E-state index contributed by atoms with van der Waals surface area (Å²) in [5, 5.41) is 8.84. The summed E-state index contributed by atoms with van der Waals surface area (Å²) in [4.78, 5) is 10.3. The van der Waals surface area contributed by atoms with Crippen LogP contribution in [0.1, 0.15) is 12.8 Å². The summed E-state index contributed by atoms with van der Waals surface area (Å²) in [6, 6.07) is 0. The number of carbonyl (C=O) groups is 1. The molecule has 19 heavy (non-hydrogen) atoms. The third-order valence-electron chi connectivity index (χ3n) is 3.30. The molecule has 0 aromatic rings. The van der Waals surface area contributed by atoms with E-state index in [0.717, 1.165) is 6.08 Å². The largest absolute Gasteiger partial charge is 0.478 e. The predicted octanol–water partition coefficient (Wildman–Crippen LogP) is 2.84. The second-order valence-electron chi connectivity index (χ2n) is 4.70. The average Bonchev–Trinajstić information content (AvgIpc) is 2.25. The molecule has 5 atom stereocenters. The lowest BCUT2D eigenvalue weighted by atomic mass is 9.81. The number of hydrogen-bond donors (Lipinski definition) is 1. The molecule has 0 aromatic heterocycles. The minimum Gasteiger partial charge on any atom is -0.478 e. The molecule has 0 aromatic carbocycles. The Kier molecular flexibility index (Phi) is 3.92. The maximum atomic E-state index is 13.4. The smallest absolute Gasteiger partial charge is 0.419 e. The van der Waals surface area contributed by atoms with Crippen LogP contribution >= 0.6 is 15.9 Å². The zero-order valence-corrected chi connectivity index (χ0v) is 11.1. The number of alkyl halides is 5. The second kappa shape index (κ2) is 5.05. The van der Waals surface area contributed by atoms with Crippen molar-refractivity contribution in [3.63, 3.8) is 0 Å². The Hall–Kier alpha value is -0.630. The van der Waals surface area contributed by atoms with Gasteiger partial charge in [0.15, 0.2) is 6.10 Å². The molecule has 1 heterocycles. The van der Waals surface area contributed by atoms with Crippen LogP contribution in [-0.2, 0) is 9.53 Å². The Balaban J connectivity index is 2.34. The zero-order chi connectivity index (χ0) is 14.4. The van der Waals surface area contributed by atoms with E-state index in [1.165, 1.54) is 0 Å². The van der Waals surface area contributed by atoms with E-state index in [-0.39, 0.29) is 12.8 Å². The minimum atomic E-state index is -4.80. The Morgan fingerprint density at radius 1 is 1.42 bits per heavy atom. The number of fused-ring (bicyclic) bond motifs is 1. The van der Waals surface area contributed by atoms with Crippen LogP contribution in [-0.4, -0.2) is 40.5 Å². The molecule has 0 saturated heterocycles. The summed E-state index contributed by atoms with van der Waals surface area (Å²) in [5.74, 6) is -2.34. The molecular weight excluding hydrogens is 336 g/mol. The van der Waals surface area contributed by atoms with Crippen molar-refractivity contribution in [2.75, 3.05) is 0 Å². The summed E-state index contributed by atoms with van der Waals surface area (Å²) >= 11 is 3.11. The van der Waals surface area contributed by atoms with Crippen molar-refractivity contribution in [1.29, 1.82) is 0 Å². The highest BCUT2D eigenvalue weighted by atomic mass is 79.9. The summed E-state index contributed by atoms with van der Waals surface area (Å²) in [6.45, 7) is 0. The SMILES string of the molecule is O=C(O)C1=CC2CC(F)CC(Br)C2OC1C(F)(F)F. The Morgan fingerprint density at radius 3 is 2.58 bits per heavy atom. The topological polar surface area (TPSA) is 46.5 Å². The van der Waals surface area contributed by atoms with Gasteiger partial charge in [-0.25, -0.2) is 9.18 Å². The number of rotatable bonds is 1. The van der Waals surface area contributed by atoms with E-state index in [1.54, 1.807) is 0 Å². The molecule has 5 unspecified atom stereocenters. The maximum absolute atomic E-state index is 13.4. The summed E-state index contributed by atoms with van der Waals surface area (Å²) < 4.78 is 56.7. The molecule has 1 saturated carbocycles. The number of carboxylic acids is 1. The first-order valence-corrected chi connectivity index (χ1v) is 6.57. The van der Waals surface area contributed by atoms with E-state index < -0.39 is 46.8 Å². The van der Waals surface area contributed by atoms with Crippen LogP contribution in [0.15, 0.2) is 11.6 Å². The quantitative estimate of drug-likeness (QED) is 0.586. The number of halogens is 5. The average molecular weight is 347 g/mol. The Bertz CT molecular complexity index is 409. The van der Waals surface area contributed by atoms with Crippen molar-refractivity contribution in [2.45, 2.75) is 42.2 Å². The van der Waals surface area contributed by atoms with Crippen molar-refractivity contribution >= 4 is 21.9 Å². The first-order valence-electron chi connectivity index (χ1n) is 5.65. The van der Waals surface area contributed by atoms with Crippen LogP contribution in [0, 0.1) is 5.92 Å². The molecule has 2 aliphatic rings. The molecule has 3 nitrogen and oxygen atoms in total. The maximum Gasteiger partial charge on any atom is 0.419 e. The molecule has 2 rings (SSSR count). The first kappa shape index (κ1) is 14.8. The van der Waals surface area contributed by atoms with E-state index in [1.807, 2.05) is 0 Å². The van der Waals surface area contributed by atoms with E-state index in [9.17, 15) is 22.4 Å². The molecule has 1 N–H and O–H groups in total. The van der Waals surface area contributed by atoms with Crippen molar-refractivity contribution < 1.29 is 32.2 Å². The fourth-order valence-corrected chi connectivity index (χ4v) is 3.43. The van der Waals surface area contributed by atoms with E-state index in [4.69, 9.17) is 9.84 Å². The van der Waals surface area contributed by atoms with Crippen LogP contribution in [0.5, 0.6) is 0 Å². The van der Waals surface area contributed by atoms with E-state index in [2.05, 4.69) is 15.9 Å². The lowest BCUT2D eigenvalue weighted by Gasteiger charge is -2.41. The van der Waals surface area contributed by atoms with Crippen LogP contribution in [0.4, 0.5) is 17.6 Å². The first-order chi connectivity index (χ1) is 8.70. The Labute approximate surface area is 114 Å². The minimum absolute atomic E-state index is 0.0197. The van der Waals surface area contributed by atoms with Gasteiger partial charge in [0.05, 0.1) is 11.7 Å². The highest BCUT2D eigenvalue weighted by Crippen LogP contribution is 2.42. The molecule has 1 aliphatic heterocycles. The van der Waals surface area contributed by atoms with Gasteiger partial charge in [-0.1, -0.05) is 22.0 Å². The van der Waals surface area contributed by atoms with Crippen LogP contribution in [0.25, 0.3) is 0 Å². The van der Waals surface area contributed by atoms with Gasteiger partial charge in [0, 0.05) is 10.7 Å². The molecule has 0 bridgehead atoms. The highest BCUT2D eigenvalue weighted by molar-refractivity contribution is 9.09. The van der Waals surface area contributed by atoms with Crippen molar-refractivity contribution in [1.82, 2.24) is 0 Å². The van der Waals surface area contributed by atoms with Crippen molar-refractivity contribution in [3.8, 4) is 0 Å². The molecule has 108 valence electrons. The fraction of sp³-hybridized carbons (Fsp3) is 0.727. The van der Waals surface area contributed by atoms with Crippen molar-refractivity contribution in [2.24, 2.45) is 5.92 Å². The van der Waals surface area contributed by atoms with Gasteiger partial charge in [-0.2, -0.15) is 13.2 Å². The third-order valence-corrected chi connectivity index (χ3v) is 4.20. The van der Waals surface area contributed by atoms with Crippen LogP contribution in [0.2, 0.25) is 0 Å². The second-order valence-corrected chi connectivity index (χ2v) is 5.87. The van der Waals surface area contributed by atoms with Gasteiger partial charge in [0.1, 0.15) is 6.17 Å². The lowest BCUT2D eigenvalue weighted by molar-refractivity contribution is -0.232. The van der Waals surface area contributed by atoms with Gasteiger partial charge in [0.2, 0.25) is 0 Å². The van der Waals surface area contributed by atoms with Crippen molar-refractivity contribution in [3.05, 3.63) is 11.6 Å². The number of carboxylic acid groups (broad SMARTS) is 1. The van der Waals surface area contributed by atoms with Gasteiger partial charge in [-0.05, 0) is 12.8 Å². The van der Waals surface area contributed by atoms with E-state index in [0.29, 0.717) is 0 Å². The molecule has 8 heteroatoms. The molecule has 1 fully saturated rings. The molecular formula is C11H11BrF4O3. The number of ether oxygens (including phenoxy) is 1. The monoisotopic (exact) mass is 346 g/mol. The summed E-state index contributed by atoms with van der Waals surface area (Å²) in [5.41, 5.74) is -0.859. The van der Waals surface area contributed by atoms with Crippen LogP contribution in [0.3, 0.4) is 0 Å². The van der Waals surface area contributed by atoms with Gasteiger partial charge in [-0.3, -0.25) is 0 Å². The fourth-order valence-electron chi connectivity index (χ4n) is 2.51. The van der Waals surface area contributed by atoms with E-state index >= 15 is 0 Å². The summed E-state index contributed by atoms with van der Waals surface area (Å²) in [7, 11) is 0. The summed E-state index contributed by atoms with van der Waals surface area (Å²) in [6.07, 6.45) is -8.26. The third kappa shape index (κ3) is 2.94. The van der Waals surface area contributed by atoms with Gasteiger partial charge in [-0.15, -0.1) is 0 Å². The highest BCUT2D eigenvalue weighted by Gasteiger charge is 2.52. The number of aliphatic carboxylic acids is 1.